The van der Waals surface area contributed by atoms with Gasteiger partial charge in [0.1, 0.15) is 11.5 Å². The number of thioether (sulfide) groups is 1. The Labute approximate surface area is 151 Å². The zero-order valence-electron chi connectivity index (χ0n) is 13.6. The SMILES string of the molecule is COc1ccc(-c2ccc(-c3nnc(SCC(=O)O)[nH]3)o2)cc1C(N)=O. The van der Waals surface area contributed by atoms with Crippen molar-refractivity contribution < 1.29 is 23.8 Å². The fourth-order valence-electron chi connectivity index (χ4n) is 2.23. The number of nitrogens with one attached hydrogen (secondary N) is 1. The minimum atomic E-state index is -0.946. The van der Waals surface area contributed by atoms with E-state index in [0.717, 1.165) is 11.8 Å². The number of carboxylic acid groups (broad SMARTS) is 1. The van der Waals surface area contributed by atoms with Gasteiger partial charge in [0.2, 0.25) is 0 Å². The third-order valence-corrected chi connectivity index (χ3v) is 4.24. The Kier molecular flexibility index (Phi) is 4.94. The zero-order valence-corrected chi connectivity index (χ0v) is 14.4. The number of H-pyrrole nitrogens is 1. The van der Waals surface area contributed by atoms with E-state index in [1.807, 2.05) is 0 Å². The number of nitrogens with two attached hydrogens (primary N) is 1. The van der Waals surface area contributed by atoms with E-state index in [1.165, 1.54) is 7.11 Å². The molecule has 3 aromatic rings. The van der Waals surface area contributed by atoms with Gasteiger partial charge < -0.3 is 25.0 Å². The molecule has 4 N–H and O–H groups in total. The van der Waals surface area contributed by atoms with Gasteiger partial charge in [-0.1, -0.05) is 11.8 Å². The number of carbonyl (C=O) groups excluding carboxylic acids is 1. The lowest BCUT2D eigenvalue weighted by Gasteiger charge is -2.06. The van der Waals surface area contributed by atoms with Crippen LogP contribution in [-0.2, 0) is 4.79 Å². The van der Waals surface area contributed by atoms with E-state index in [1.54, 1.807) is 30.3 Å². The fraction of sp³-hybridized carbons (Fsp3) is 0.125. The molecule has 1 amide bonds. The second-order valence-electron chi connectivity index (χ2n) is 5.10. The second kappa shape index (κ2) is 7.31. The predicted octanol–water partition coefficient (Wildman–Crippen LogP) is 2.02. The van der Waals surface area contributed by atoms with E-state index in [-0.39, 0.29) is 11.3 Å². The first-order chi connectivity index (χ1) is 12.5. The summed E-state index contributed by atoms with van der Waals surface area (Å²) in [5.74, 6) is -0.00730. The highest BCUT2D eigenvalue weighted by Crippen LogP contribution is 2.30. The highest BCUT2D eigenvalue weighted by molar-refractivity contribution is 7.99. The number of hydrogen-bond donors (Lipinski definition) is 3. The fourth-order valence-corrected chi connectivity index (χ4v) is 2.75. The van der Waals surface area contributed by atoms with Gasteiger partial charge in [-0.05, 0) is 30.3 Å². The maximum absolute atomic E-state index is 11.5. The van der Waals surface area contributed by atoms with Gasteiger partial charge in [-0.15, -0.1) is 10.2 Å². The maximum atomic E-state index is 11.5. The molecular weight excluding hydrogens is 360 g/mol. The van der Waals surface area contributed by atoms with E-state index in [0.29, 0.717) is 33.8 Å². The predicted molar refractivity (Wildman–Crippen MR) is 93.0 cm³/mol. The first-order valence-corrected chi connectivity index (χ1v) is 8.32. The number of ether oxygens (including phenoxy) is 1. The molecule has 0 unspecified atom stereocenters. The third-order valence-electron chi connectivity index (χ3n) is 3.39. The van der Waals surface area contributed by atoms with Gasteiger partial charge in [0, 0.05) is 5.56 Å². The van der Waals surface area contributed by atoms with Crippen molar-refractivity contribution >= 4 is 23.6 Å². The Morgan fingerprint density at radius 2 is 2.04 bits per heavy atom. The Balaban J connectivity index is 1.85. The number of benzene rings is 1. The number of furan rings is 1. The Hall–Kier alpha value is -3.27. The smallest absolute Gasteiger partial charge is 0.313 e. The van der Waals surface area contributed by atoms with Crippen molar-refractivity contribution in [3.63, 3.8) is 0 Å². The largest absolute Gasteiger partial charge is 0.496 e. The molecule has 0 saturated heterocycles. The molecule has 0 atom stereocenters. The van der Waals surface area contributed by atoms with Crippen molar-refractivity contribution in [3.05, 3.63) is 35.9 Å². The molecule has 26 heavy (non-hydrogen) atoms. The monoisotopic (exact) mass is 374 g/mol. The molecule has 9 nitrogen and oxygen atoms in total. The average molecular weight is 374 g/mol. The van der Waals surface area contributed by atoms with Crippen molar-refractivity contribution in [2.75, 3.05) is 12.9 Å². The number of aromatic amines is 1. The van der Waals surface area contributed by atoms with Gasteiger partial charge in [0.05, 0.1) is 18.4 Å². The molecular formula is C16H14N4O5S. The highest BCUT2D eigenvalue weighted by Gasteiger charge is 2.15. The summed E-state index contributed by atoms with van der Waals surface area (Å²) in [6.07, 6.45) is 0. The molecule has 2 aromatic heterocycles. The molecule has 0 spiro atoms. The number of aromatic nitrogens is 3. The summed E-state index contributed by atoms with van der Waals surface area (Å²) >= 11 is 1.02. The third kappa shape index (κ3) is 3.70. The molecule has 0 radical (unpaired) electrons. The summed E-state index contributed by atoms with van der Waals surface area (Å²) in [5.41, 5.74) is 6.26. The molecule has 2 heterocycles. The molecule has 1 aromatic carbocycles. The number of amides is 1. The molecule has 0 saturated carbocycles. The Bertz CT molecular complexity index is 965. The molecule has 0 aliphatic carbocycles. The quantitative estimate of drug-likeness (QED) is 0.533. The summed E-state index contributed by atoms with van der Waals surface area (Å²) in [6, 6.07) is 8.36. The van der Waals surface area contributed by atoms with Crippen LogP contribution in [0.3, 0.4) is 0 Å². The summed E-state index contributed by atoms with van der Waals surface area (Å²) in [4.78, 5) is 25.0. The molecule has 3 rings (SSSR count). The van der Waals surface area contributed by atoms with Crippen molar-refractivity contribution in [1.29, 1.82) is 0 Å². The molecule has 10 heteroatoms. The Morgan fingerprint density at radius 3 is 2.73 bits per heavy atom. The minimum Gasteiger partial charge on any atom is -0.496 e. The van der Waals surface area contributed by atoms with Gasteiger partial charge >= 0.3 is 5.97 Å². The number of rotatable bonds is 7. The topological polar surface area (TPSA) is 144 Å². The van der Waals surface area contributed by atoms with Crippen LogP contribution < -0.4 is 10.5 Å². The second-order valence-corrected chi connectivity index (χ2v) is 6.07. The highest BCUT2D eigenvalue weighted by atomic mass is 32.2. The minimum absolute atomic E-state index is 0.125. The molecule has 0 bridgehead atoms. The van der Waals surface area contributed by atoms with Crippen molar-refractivity contribution in [1.82, 2.24) is 15.2 Å². The van der Waals surface area contributed by atoms with Crippen LogP contribution in [-0.4, -0.2) is 45.0 Å². The van der Waals surface area contributed by atoms with Crippen LogP contribution in [0.15, 0.2) is 39.9 Å². The van der Waals surface area contributed by atoms with Crippen LogP contribution in [0.25, 0.3) is 22.9 Å². The number of carbonyl (C=O) groups is 2. The first-order valence-electron chi connectivity index (χ1n) is 7.33. The summed E-state index contributed by atoms with van der Waals surface area (Å²) < 4.78 is 10.9. The number of primary amides is 1. The van der Waals surface area contributed by atoms with Gasteiger partial charge in [-0.3, -0.25) is 9.59 Å². The number of nitrogens with zero attached hydrogens (tertiary/aromatic N) is 2. The number of aliphatic carboxylic acids is 1. The standard InChI is InChI=1S/C16H14N4O5S/c1-24-11-3-2-8(6-9(11)14(17)23)10-4-5-12(25-10)15-18-16(20-19-15)26-7-13(21)22/h2-6H,7H2,1H3,(H2,17,23)(H,21,22)(H,18,19,20). The number of hydrogen-bond acceptors (Lipinski definition) is 7. The van der Waals surface area contributed by atoms with Crippen molar-refractivity contribution in [2.24, 2.45) is 5.73 Å². The number of methoxy groups -OCH3 is 1. The first kappa shape index (κ1) is 17.5. The van der Waals surface area contributed by atoms with Gasteiger partial charge in [0.25, 0.3) is 5.91 Å². The van der Waals surface area contributed by atoms with E-state index in [9.17, 15) is 9.59 Å². The summed E-state index contributed by atoms with van der Waals surface area (Å²) in [6.45, 7) is 0. The molecule has 134 valence electrons. The molecule has 0 aliphatic rings. The van der Waals surface area contributed by atoms with Crippen LogP contribution in [0.2, 0.25) is 0 Å². The van der Waals surface area contributed by atoms with Crippen LogP contribution in [0.4, 0.5) is 0 Å². The van der Waals surface area contributed by atoms with Gasteiger partial charge in [0.15, 0.2) is 16.7 Å². The van der Waals surface area contributed by atoms with Crippen LogP contribution in [0, 0.1) is 0 Å². The lowest BCUT2D eigenvalue weighted by Crippen LogP contribution is -2.12. The van der Waals surface area contributed by atoms with E-state index < -0.39 is 11.9 Å². The lowest BCUT2D eigenvalue weighted by molar-refractivity contribution is -0.133. The lowest BCUT2D eigenvalue weighted by atomic mass is 10.1. The van der Waals surface area contributed by atoms with E-state index in [4.69, 9.17) is 20.0 Å². The average Bonchev–Trinajstić information content (AvgIpc) is 3.28. The molecule has 0 fully saturated rings. The van der Waals surface area contributed by atoms with Crippen LogP contribution in [0.5, 0.6) is 5.75 Å². The van der Waals surface area contributed by atoms with Crippen molar-refractivity contribution in [2.45, 2.75) is 5.16 Å². The van der Waals surface area contributed by atoms with Crippen LogP contribution in [0.1, 0.15) is 10.4 Å². The summed E-state index contributed by atoms with van der Waals surface area (Å²) in [5, 5.41) is 16.9. The normalized spacial score (nSPS) is 10.7. The van der Waals surface area contributed by atoms with E-state index >= 15 is 0 Å². The molecule has 0 aliphatic heterocycles. The van der Waals surface area contributed by atoms with Crippen LogP contribution >= 0.6 is 11.8 Å². The summed E-state index contributed by atoms with van der Waals surface area (Å²) in [7, 11) is 1.45. The maximum Gasteiger partial charge on any atom is 0.313 e. The number of carboxylic acids is 1. The van der Waals surface area contributed by atoms with Crippen molar-refractivity contribution in [3.8, 4) is 28.7 Å². The van der Waals surface area contributed by atoms with Gasteiger partial charge in [-0.2, -0.15) is 0 Å². The Morgan fingerprint density at radius 1 is 1.27 bits per heavy atom. The van der Waals surface area contributed by atoms with Gasteiger partial charge in [-0.25, -0.2) is 0 Å². The van der Waals surface area contributed by atoms with E-state index in [2.05, 4.69) is 15.2 Å². The zero-order chi connectivity index (χ0) is 18.7.